The van der Waals surface area contributed by atoms with E-state index in [0.29, 0.717) is 0 Å². The number of sulfone groups is 1. The molecule has 0 fully saturated rings. The van der Waals surface area contributed by atoms with Crippen LogP contribution in [0, 0.1) is 13.8 Å². The smallest absolute Gasteiger partial charge is 0.158 e. The molecular formula is C16H18O2S. The fourth-order valence-corrected chi connectivity index (χ4v) is 3.76. The van der Waals surface area contributed by atoms with Crippen LogP contribution < -0.4 is 0 Å². The lowest BCUT2D eigenvalue weighted by molar-refractivity contribution is 0.594. The van der Waals surface area contributed by atoms with Crippen LogP contribution in [-0.2, 0) is 21.3 Å². The molecule has 2 nitrogen and oxygen atoms in total. The van der Waals surface area contributed by atoms with E-state index in [1.165, 1.54) is 0 Å². The summed E-state index contributed by atoms with van der Waals surface area (Å²) >= 11 is 0. The van der Waals surface area contributed by atoms with Crippen LogP contribution in [0.5, 0.6) is 0 Å². The summed E-state index contributed by atoms with van der Waals surface area (Å²) < 4.78 is 24.4. The molecule has 0 atom stereocenters. The third-order valence-corrected chi connectivity index (χ3v) is 4.44. The zero-order valence-electron chi connectivity index (χ0n) is 11.3. The van der Waals surface area contributed by atoms with Crippen LogP contribution in [0.3, 0.4) is 0 Å². The molecule has 0 aliphatic rings. The van der Waals surface area contributed by atoms with Crippen molar-refractivity contribution >= 4 is 9.84 Å². The lowest BCUT2D eigenvalue weighted by Gasteiger charge is -2.07. The molecule has 2 aromatic carbocycles. The fourth-order valence-electron chi connectivity index (χ4n) is 2.29. The molecule has 0 saturated heterocycles. The molecule has 0 radical (unpaired) electrons. The van der Waals surface area contributed by atoms with Gasteiger partial charge in [0.15, 0.2) is 9.84 Å². The summed E-state index contributed by atoms with van der Waals surface area (Å²) in [5.41, 5.74) is 3.91. The summed E-state index contributed by atoms with van der Waals surface area (Å²) in [6, 6.07) is 15.2. The highest BCUT2D eigenvalue weighted by Gasteiger charge is 2.13. The lowest BCUT2D eigenvalue weighted by atomic mass is 10.1. The van der Waals surface area contributed by atoms with Crippen molar-refractivity contribution < 1.29 is 8.42 Å². The first-order valence-corrected chi connectivity index (χ1v) is 8.08. The Bertz CT molecular complexity index is 638. The second kappa shape index (κ2) is 5.57. The number of benzene rings is 2. The van der Waals surface area contributed by atoms with E-state index in [4.69, 9.17) is 0 Å². The Labute approximate surface area is 115 Å². The minimum atomic E-state index is -3.12. The van der Waals surface area contributed by atoms with Crippen molar-refractivity contribution in [2.75, 3.05) is 0 Å². The van der Waals surface area contributed by atoms with E-state index in [9.17, 15) is 8.42 Å². The van der Waals surface area contributed by atoms with Gasteiger partial charge in [-0.15, -0.1) is 0 Å². The van der Waals surface area contributed by atoms with Crippen molar-refractivity contribution in [1.29, 1.82) is 0 Å². The summed E-state index contributed by atoms with van der Waals surface area (Å²) in [5.74, 6) is 0.200. The first kappa shape index (κ1) is 13.8. The highest BCUT2D eigenvalue weighted by Crippen LogP contribution is 2.15. The van der Waals surface area contributed by atoms with Gasteiger partial charge in [0.25, 0.3) is 0 Å². The molecule has 19 heavy (non-hydrogen) atoms. The van der Waals surface area contributed by atoms with Gasteiger partial charge in [-0.3, -0.25) is 0 Å². The molecule has 0 bridgehead atoms. The highest BCUT2D eigenvalue weighted by molar-refractivity contribution is 7.89. The van der Waals surface area contributed by atoms with E-state index < -0.39 is 9.84 Å². The molecule has 0 N–H and O–H groups in total. The number of hydrogen-bond donors (Lipinski definition) is 0. The summed E-state index contributed by atoms with van der Waals surface area (Å²) in [6.07, 6.45) is 0. The Hall–Kier alpha value is -1.61. The zero-order valence-corrected chi connectivity index (χ0v) is 12.1. The third kappa shape index (κ3) is 4.21. The summed E-state index contributed by atoms with van der Waals surface area (Å²) in [4.78, 5) is 0. The van der Waals surface area contributed by atoms with Crippen LogP contribution >= 0.6 is 0 Å². The molecule has 0 amide bonds. The van der Waals surface area contributed by atoms with Gasteiger partial charge < -0.3 is 0 Å². The van der Waals surface area contributed by atoms with Crippen molar-refractivity contribution in [2.24, 2.45) is 0 Å². The van der Waals surface area contributed by atoms with Crippen LogP contribution in [0.1, 0.15) is 22.3 Å². The van der Waals surface area contributed by atoms with Crippen LogP contribution in [0.4, 0.5) is 0 Å². The Morgan fingerprint density at radius 2 is 1.32 bits per heavy atom. The second-order valence-electron chi connectivity index (χ2n) is 5.01. The van der Waals surface area contributed by atoms with Gasteiger partial charge in [0.1, 0.15) is 0 Å². The van der Waals surface area contributed by atoms with Gasteiger partial charge in [-0.2, -0.15) is 0 Å². The third-order valence-electron chi connectivity index (χ3n) is 2.90. The van der Waals surface area contributed by atoms with Crippen LogP contribution in [0.15, 0.2) is 48.5 Å². The number of hydrogen-bond acceptors (Lipinski definition) is 2. The van der Waals surface area contributed by atoms with E-state index in [1.54, 1.807) is 0 Å². The molecule has 0 heterocycles. The normalized spacial score (nSPS) is 11.5. The van der Waals surface area contributed by atoms with Crippen LogP contribution in [0.25, 0.3) is 0 Å². The predicted octanol–water partition coefficient (Wildman–Crippen LogP) is 3.42. The molecule has 2 aromatic rings. The average molecular weight is 274 g/mol. The van der Waals surface area contributed by atoms with Gasteiger partial charge in [0, 0.05) is 0 Å². The summed E-state index contributed by atoms with van der Waals surface area (Å²) in [7, 11) is -3.12. The van der Waals surface area contributed by atoms with Gasteiger partial charge in [0.05, 0.1) is 11.5 Å². The topological polar surface area (TPSA) is 34.1 Å². The molecule has 0 aliphatic heterocycles. The van der Waals surface area contributed by atoms with Crippen molar-refractivity contribution in [3.05, 3.63) is 70.8 Å². The maximum Gasteiger partial charge on any atom is 0.158 e. The maximum atomic E-state index is 12.2. The Kier molecular flexibility index (Phi) is 4.05. The number of aryl methyl sites for hydroxylation is 2. The average Bonchev–Trinajstić information content (AvgIpc) is 2.27. The molecule has 3 heteroatoms. The van der Waals surface area contributed by atoms with Gasteiger partial charge in [-0.05, 0) is 25.0 Å². The largest absolute Gasteiger partial charge is 0.228 e. The van der Waals surface area contributed by atoms with E-state index >= 15 is 0 Å². The van der Waals surface area contributed by atoms with Gasteiger partial charge >= 0.3 is 0 Å². The van der Waals surface area contributed by atoms with Crippen LogP contribution in [-0.4, -0.2) is 8.42 Å². The van der Waals surface area contributed by atoms with Gasteiger partial charge in [0.2, 0.25) is 0 Å². The standard InChI is InChI=1S/C16H18O2S/c1-13-8-14(2)10-16(9-13)12-19(17,18)11-15-6-4-3-5-7-15/h3-10H,11-12H2,1-2H3. The number of rotatable bonds is 4. The highest BCUT2D eigenvalue weighted by atomic mass is 32.2. The molecule has 0 spiro atoms. The Morgan fingerprint density at radius 1 is 0.789 bits per heavy atom. The first-order chi connectivity index (χ1) is 8.94. The monoisotopic (exact) mass is 274 g/mol. The fraction of sp³-hybridized carbons (Fsp3) is 0.250. The minimum absolute atomic E-state index is 0.0980. The van der Waals surface area contributed by atoms with Gasteiger partial charge in [-0.1, -0.05) is 59.7 Å². The van der Waals surface area contributed by atoms with E-state index in [-0.39, 0.29) is 11.5 Å². The summed E-state index contributed by atoms with van der Waals surface area (Å²) in [5, 5.41) is 0. The SMILES string of the molecule is Cc1cc(C)cc(CS(=O)(=O)Cc2ccccc2)c1. The molecule has 0 aromatic heterocycles. The quantitative estimate of drug-likeness (QED) is 0.856. The predicted molar refractivity (Wildman–Crippen MR) is 78.7 cm³/mol. The van der Waals surface area contributed by atoms with E-state index in [0.717, 1.165) is 22.3 Å². The molecular weight excluding hydrogens is 256 g/mol. The molecule has 0 saturated carbocycles. The molecule has 0 aliphatic carbocycles. The summed E-state index contributed by atoms with van der Waals surface area (Å²) in [6.45, 7) is 3.97. The molecule has 2 rings (SSSR count). The van der Waals surface area contributed by atoms with Crippen molar-refractivity contribution in [1.82, 2.24) is 0 Å². The van der Waals surface area contributed by atoms with Crippen molar-refractivity contribution in [3.8, 4) is 0 Å². The lowest BCUT2D eigenvalue weighted by Crippen LogP contribution is -2.08. The van der Waals surface area contributed by atoms with Crippen molar-refractivity contribution in [2.45, 2.75) is 25.4 Å². The van der Waals surface area contributed by atoms with Gasteiger partial charge in [-0.25, -0.2) is 8.42 Å². The van der Waals surface area contributed by atoms with E-state index in [2.05, 4.69) is 0 Å². The zero-order chi connectivity index (χ0) is 13.9. The van der Waals surface area contributed by atoms with Crippen molar-refractivity contribution in [3.63, 3.8) is 0 Å². The van der Waals surface area contributed by atoms with Crippen LogP contribution in [0.2, 0.25) is 0 Å². The maximum absolute atomic E-state index is 12.2. The van der Waals surface area contributed by atoms with E-state index in [1.807, 2.05) is 62.4 Å². The first-order valence-electron chi connectivity index (χ1n) is 6.26. The minimum Gasteiger partial charge on any atom is -0.228 e. The molecule has 0 unspecified atom stereocenters. The Balaban J connectivity index is 2.17. The second-order valence-corrected chi connectivity index (χ2v) is 7.08. The Morgan fingerprint density at radius 3 is 1.89 bits per heavy atom. The molecule has 100 valence electrons.